The number of aryl methyl sites for hydroxylation is 1. The number of nitrogens with zero attached hydrogens (tertiary/aromatic N) is 4. The van der Waals surface area contributed by atoms with E-state index in [1.165, 1.54) is 17.3 Å². The van der Waals surface area contributed by atoms with E-state index in [9.17, 15) is 0 Å². The molecular formula is C18H13ClN4O2S. The van der Waals surface area contributed by atoms with Gasteiger partial charge in [-0.1, -0.05) is 41.1 Å². The Balaban J connectivity index is 1.42. The molecule has 0 aliphatic heterocycles. The Labute approximate surface area is 158 Å². The van der Waals surface area contributed by atoms with Gasteiger partial charge in [0.25, 0.3) is 5.22 Å². The molecule has 4 aromatic rings. The molecule has 2 heterocycles. The van der Waals surface area contributed by atoms with E-state index in [2.05, 4.69) is 20.4 Å². The van der Waals surface area contributed by atoms with E-state index in [-0.39, 0.29) is 0 Å². The number of thioether (sulfide) groups is 1. The summed E-state index contributed by atoms with van der Waals surface area (Å²) >= 11 is 7.23. The van der Waals surface area contributed by atoms with Gasteiger partial charge in [-0.25, -0.2) is 0 Å². The smallest absolute Gasteiger partial charge is 0.277 e. The van der Waals surface area contributed by atoms with Crippen molar-refractivity contribution in [1.29, 1.82) is 0 Å². The van der Waals surface area contributed by atoms with E-state index in [0.29, 0.717) is 33.7 Å². The first kappa shape index (κ1) is 16.8. The van der Waals surface area contributed by atoms with Crippen LogP contribution in [0.15, 0.2) is 62.6 Å². The van der Waals surface area contributed by atoms with Crippen molar-refractivity contribution >= 4 is 23.4 Å². The highest BCUT2D eigenvalue weighted by Gasteiger charge is 2.13. The molecule has 130 valence electrons. The van der Waals surface area contributed by atoms with E-state index in [0.717, 1.165) is 11.1 Å². The zero-order valence-electron chi connectivity index (χ0n) is 13.7. The Hall–Kier alpha value is -2.64. The Kier molecular flexibility index (Phi) is 4.73. The van der Waals surface area contributed by atoms with Gasteiger partial charge in [0.1, 0.15) is 0 Å². The molecule has 0 unspecified atom stereocenters. The molecule has 0 saturated heterocycles. The first-order chi connectivity index (χ1) is 12.7. The summed E-state index contributed by atoms with van der Waals surface area (Å²) in [5.74, 6) is 1.86. The normalized spacial score (nSPS) is 11.0. The van der Waals surface area contributed by atoms with Gasteiger partial charge in [-0.15, -0.1) is 20.4 Å². The molecule has 2 aromatic carbocycles. The molecule has 0 spiro atoms. The average Bonchev–Trinajstić information content (AvgIpc) is 3.31. The summed E-state index contributed by atoms with van der Waals surface area (Å²) in [6, 6.07) is 15.1. The number of hydrogen-bond acceptors (Lipinski definition) is 7. The Morgan fingerprint density at radius 3 is 2.15 bits per heavy atom. The van der Waals surface area contributed by atoms with Gasteiger partial charge in [-0.3, -0.25) is 0 Å². The molecule has 0 fully saturated rings. The molecule has 2 aromatic heterocycles. The molecule has 0 aliphatic rings. The van der Waals surface area contributed by atoms with Crippen LogP contribution in [-0.4, -0.2) is 20.4 Å². The maximum absolute atomic E-state index is 5.88. The van der Waals surface area contributed by atoms with Crippen LogP contribution in [0.5, 0.6) is 0 Å². The highest BCUT2D eigenvalue weighted by atomic mass is 35.5. The summed E-state index contributed by atoms with van der Waals surface area (Å²) in [4.78, 5) is 0. The first-order valence-corrected chi connectivity index (χ1v) is 9.15. The molecule has 0 N–H and O–H groups in total. The van der Waals surface area contributed by atoms with Gasteiger partial charge in [0.15, 0.2) is 0 Å². The fourth-order valence-corrected chi connectivity index (χ4v) is 2.95. The maximum atomic E-state index is 5.88. The second-order valence-corrected chi connectivity index (χ2v) is 6.90. The van der Waals surface area contributed by atoms with E-state index in [1.807, 2.05) is 43.3 Å². The summed E-state index contributed by atoms with van der Waals surface area (Å²) in [6.45, 7) is 2.03. The van der Waals surface area contributed by atoms with Gasteiger partial charge < -0.3 is 8.83 Å². The number of halogens is 1. The van der Waals surface area contributed by atoms with Crippen molar-refractivity contribution in [3.8, 4) is 22.9 Å². The Morgan fingerprint density at radius 2 is 1.42 bits per heavy atom. The molecule has 0 saturated carbocycles. The largest absolute Gasteiger partial charge is 0.420 e. The van der Waals surface area contributed by atoms with Crippen LogP contribution in [0.1, 0.15) is 11.5 Å². The van der Waals surface area contributed by atoms with Crippen LogP contribution in [0.25, 0.3) is 22.9 Å². The Morgan fingerprint density at radius 1 is 0.808 bits per heavy atom. The third-order valence-electron chi connectivity index (χ3n) is 3.58. The highest BCUT2D eigenvalue weighted by molar-refractivity contribution is 7.98. The molecule has 0 bridgehead atoms. The predicted octanol–water partition coefficient (Wildman–Crippen LogP) is 5.04. The van der Waals surface area contributed by atoms with Crippen LogP contribution in [0.2, 0.25) is 5.02 Å². The lowest BCUT2D eigenvalue weighted by molar-refractivity contribution is 0.464. The minimum atomic E-state index is 0.441. The van der Waals surface area contributed by atoms with Gasteiger partial charge in [0.2, 0.25) is 17.7 Å². The lowest BCUT2D eigenvalue weighted by Crippen LogP contribution is -1.80. The lowest BCUT2D eigenvalue weighted by Gasteiger charge is -1.95. The van der Waals surface area contributed by atoms with Gasteiger partial charge in [-0.2, -0.15) is 0 Å². The summed E-state index contributed by atoms with van der Waals surface area (Å²) in [5.41, 5.74) is 2.88. The first-order valence-electron chi connectivity index (χ1n) is 7.79. The Bertz CT molecular complexity index is 929. The van der Waals surface area contributed by atoms with Crippen LogP contribution >= 0.6 is 23.4 Å². The molecular weight excluding hydrogens is 372 g/mol. The fourth-order valence-electron chi connectivity index (χ4n) is 2.23. The van der Waals surface area contributed by atoms with Crippen molar-refractivity contribution in [3.63, 3.8) is 0 Å². The van der Waals surface area contributed by atoms with Crippen molar-refractivity contribution < 1.29 is 8.83 Å². The number of aromatic nitrogens is 4. The molecule has 0 amide bonds. The van der Waals surface area contributed by atoms with Crippen LogP contribution in [0, 0.1) is 6.92 Å². The van der Waals surface area contributed by atoms with Crippen molar-refractivity contribution in [2.75, 3.05) is 0 Å². The average molecular weight is 385 g/mol. The monoisotopic (exact) mass is 384 g/mol. The molecule has 0 atom stereocenters. The number of hydrogen-bond donors (Lipinski definition) is 0. The van der Waals surface area contributed by atoms with Crippen LogP contribution in [-0.2, 0) is 5.75 Å². The van der Waals surface area contributed by atoms with E-state index < -0.39 is 0 Å². The molecule has 26 heavy (non-hydrogen) atoms. The van der Waals surface area contributed by atoms with E-state index in [1.54, 1.807) is 12.1 Å². The van der Waals surface area contributed by atoms with E-state index in [4.69, 9.17) is 20.4 Å². The number of rotatable bonds is 5. The highest BCUT2D eigenvalue weighted by Crippen LogP contribution is 2.27. The predicted molar refractivity (Wildman–Crippen MR) is 98.8 cm³/mol. The third kappa shape index (κ3) is 3.79. The fraction of sp³-hybridized carbons (Fsp3) is 0.111. The SMILES string of the molecule is Cc1ccc(-c2nnc(SCc3nnc(-c4ccc(Cl)cc4)o3)o2)cc1. The quantitative estimate of drug-likeness (QED) is 0.446. The van der Waals surface area contributed by atoms with Gasteiger partial charge in [0.05, 0.1) is 5.75 Å². The van der Waals surface area contributed by atoms with Crippen molar-refractivity contribution in [2.24, 2.45) is 0 Å². The second-order valence-electron chi connectivity index (χ2n) is 5.54. The van der Waals surface area contributed by atoms with Crippen LogP contribution in [0.4, 0.5) is 0 Å². The second kappa shape index (κ2) is 7.31. The molecule has 0 radical (unpaired) electrons. The van der Waals surface area contributed by atoms with Gasteiger partial charge in [-0.05, 0) is 43.3 Å². The standard InChI is InChI=1S/C18H13ClN4O2S/c1-11-2-4-12(5-3-11)17-22-23-18(25-17)26-10-15-20-21-16(24-15)13-6-8-14(19)9-7-13/h2-9H,10H2,1H3. The molecule has 8 heteroatoms. The summed E-state index contributed by atoms with van der Waals surface area (Å²) < 4.78 is 11.3. The minimum absolute atomic E-state index is 0.441. The van der Waals surface area contributed by atoms with Crippen LogP contribution in [0.3, 0.4) is 0 Å². The van der Waals surface area contributed by atoms with Gasteiger partial charge >= 0.3 is 0 Å². The zero-order chi connectivity index (χ0) is 17.9. The summed E-state index contributed by atoms with van der Waals surface area (Å²) in [5, 5.41) is 17.3. The molecule has 4 rings (SSSR count). The number of benzene rings is 2. The summed E-state index contributed by atoms with van der Waals surface area (Å²) in [7, 11) is 0. The van der Waals surface area contributed by atoms with E-state index >= 15 is 0 Å². The maximum Gasteiger partial charge on any atom is 0.277 e. The van der Waals surface area contributed by atoms with Crippen molar-refractivity contribution in [2.45, 2.75) is 17.9 Å². The van der Waals surface area contributed by atoms with Crippen molar-refractivity contribution in [3.05, 3.63) is 65.0 Å². The lowest BCUT2D eigenvalue weighted by atomic mass is 10.1. The third-order valence-corrected chi connectivity index (χ3v) is 4.64. The zero-order valence-corrected chi connectivity index (χ0v) is 15.3. The van der Waals surface area contributed by atoms with Crippen molar-refractivity contribution in [1.82, 2.24) is 20.4 Å². The topological polar surface area (TPSA) is 77.8 Å². The summed E-state index contributed by atoms with van der Waals surface area (Å²) in [6.07, 6.45) is 0. The van der Waals surface area contributed by atoms with Gasteiger partial charge in [0, 0.05) is 16.1 Å². The minimum Gasteiger partial charge on any atom is -0.420 e. The molecule has 0 aliphatic carbocycles. The van der Waals surface area contributed by atoms with Crippen LogP contribution < -0.4 is 0 Å². The molecule has 6 nitrogen and oxygen atoms in total.